The van der Waals surface area contributed by atoms with E-state index in [0.29, 0.717) is 23.6 Å². The van der Waals surface area contributed by atoms with Crippen LogP contribution in [-0.4, -0.2) is 44.5 Å². The second kappa shape index (κ2) is 7.52. The van der Waals surface area contributed by atoms with Gasteiger partial charge in [-0.15, -0.1) is 0 Å². The summed E-state index contributed by atoms with van der Waals surface area (Å²) in [4.78, 5) is 24.6. The predicted octanol–water partition coefficient (Wildman–Crippen LogP) is 1.76. The van der Waals surface area contributed by atoms with E-state index in [0.717, 1.165) is 0 Å². The van der Waals surface area contributed by atoms with Crippen LogP contribution in [-0.2, 0) is 9.59 Å². The minimum absolute atomic E-state index is 0.00676. The van der Waals surface area contributed by atoms with E-state index in [4.69, 9.17) is 9.47 Å². The number of carbonyl (C=O) groups excluding carboxylic acids is 2. The smallest absolute Gasteiger partial charge is 0.247 e. The molecule has 1 aromatic rings. The minimum atomic E-state index is -0.542. The van der Waals surface area contributed by atoms with Crippen molar-refractivity contribution in [1.29, 1.82) is 0 Å². The molecule has 0 saturated heterocycles. The van der Waals surface area contributed by atoms with Gasteiger partial charge in [-0.1, -0.05) is 13.8 Å². The molecule has 1 atom stereocenters. The van der Waals surface area contributed by atoms with Crippen LogP contribution in [0.1, 0.15) is 13.8 Å². The maximum atomic E-state index is 12.4. The Balaban J connectivity index is 2.97. The molecule has 1 aromatic carbocycles. The monoisotopic (exact) mass is 294 g/mol. The van der Waals surface area contributed by atoms with Gasteiger partial charge < -0.3 is 19.7 Å². The highest BCUT2D eigenvalue weighted by Gasteiger charge is 2.26. The number of ether oxygens (including phenoxy) is 2. The molecule has 0 heterocycles. The Kier molecular flexibility index (Phi) is 6.02. The van der Waals surface area contributed by atoms with Crippen molar-refractivity contribution in [3.8, 4) is 11.5 Å². The van der Waals surface area contributed by atoms with Crippen molar-refractivity contribution in [3.63, 3.8) is 0 Å². The Bertz CT molecular complexity index is 480. The molecule has 0 saturated carbocycles. The summed E-state index contributed by atoms with van der Waals surface area (Å²) in [7, 11) is 4.67. The van der Waals surface area contributed by atoms with Crippen LogP contribution in [0.25, 0.3) is 0 Å². The molecule has 6 heteroatoms. The summed E-state index contributed by atoms with van der Waals surface area (Å²) in [6.07, 6.45) is 0.649. The molecule has 0 bridgehead atoms. The first-order chi connectivity index (χ1) is 9.92. The van der Waals surface area contributed by atoms with Crippen molar-refractivity contribution in [3.05, 3.63) is 18.2 Å². The number of likely N-dealkylation sites (N-methyl/N-ethyl adjacent to an activating group) is 1. The fraction of sp³-hybridized carbons (Fsp3) is 0.467. The summed E-state index contributed by atoms with van der Waals surface area (Å²) in [6.45, 7) is 3.77. The third kappa shape index (κ3) is 4.37. The summed E-state index contributed by atoms with van der Waals surface area (Å²) < 4.78 is 10.3. The average Bonchev–Trinajstić information content (AvgIpc) is 2.46. The molecular formula is C15H22N2O4. The van der Waals surface area contributed by atoms with Crippen LogP contribution in [0.4, 0.5) is 5.69 Å². The molecule has 1 N–H and O–H groups in total. The quantitative estimate of drug-likeness (QED) is 0.778. The standard InChI is InChI=1S/C15H22N2O4/c1-10(2)14(17(3)9-18)15(19)16-11-6-12(20-4)8-13(7-11)21-5/h6-10,14H,1-5H3,(H,16,19)/t14-/m0/s1. The van der Waals surface area contributed by atoms with Gasteiger partial charge in [0, 0.05) is 30.9 Å². The first-order valence-corrected chi connectivity index (χ1v) is 6.64. The van der Waals surface area contributed by atoms with E-state index in [-0.39, 0.29) is 11.8 Å². The largest absolute Gasteiger partial charge is 0.497 e. The van der Waals surface area contributed by atoms with Gasteiger partial charge in [0.15, 0.2) is 0 Å². The molecular weight excluding hydrogens is 272 g/mol. The maximum Gasteiger partial charge on any atom is 0.247 e. The summed E-state index contributed by atoms with van der Waals surface area (Å²) in [5.74, 6) is 0.895. The summed E-state index contributed by atoms with van der Waals surface area (Å²) >= 11 is 0. The molecule has 1 rings (SSSR count). The summed E-state index contributed by atoms with van der Waals surface area (Å²) in [5, 5.41) is 2.79. The third-order valence-corrected chi connectivity index (χ3v) is 3.12. The molecule has 0 spiro atoms. The number of methoxy groups -OCH3 is 2. The number of amides is 2. The van der Waals surface area contributed by atoms with E-state index in [2.05, 4.69) is 5.32 Å². The number of rotatable bonds is 7. The molecule has 0 aromatic heterocycles. The van der Waals surface area contributed by atoms with E-state index in [9.17, 15) is 9.59 Å². The van der Waals surface area contributed by atoms with Crippen LogP contribution in [0.3, 0.4) is 0 Å². The van der Waals surface area contributed by atoms with Gasteiger partial charge in [0.2, 0.25) is 12.3 Å². The molecule has 6 nitrogen and oxygen atoms in total. The Morgan fingerprint density at radius 2 is 1.71 bits per heavy atom. The lowest BCUT2D eigenvalue weighted by atomic mass is 10.0. The Labute approximate surface area is 125 Å². The Morgan fingerprint density at radius 1 is 1.19 bits per heavy atom. The predicted molar refractivity (Wildman–Crippen MR) is 80.6 cm³/mol. The lowest BCUT2D eigenvalue weighted by molar-refractivity contribution is -0.130. The Morgan fingerprint density at radius 3 is 2.10 bits per heavy atom. The Hall–Kier alpha value is -2.24. The van der Waals surface area contributed by atoms with Gasteiger partial charge >= 0.3 is 0 Å². The van der Waals surface area contributed by atoms with Crippen molar-refractivity contribution in [2.24, 2.45) is 5.92 Å². The van der Waals surface area contributed by atoms with E-state index in [1.54, 1.807) is 25.2 Å². The zero-order valence-electron chi connectivity index (χ0n) is 13.0. The van der Waals surface area contributed by atoms with Crippen LogP contribution in [0.15, 0.2) is 18.2 Å². The van der Waals surface area contributed by atoms with Gasteiger partial charge in [0.05, 0.1) is 14.2 Å². The molecule has 116 valence electrons. The SMILES string of the molecule is COc1cc(NC(=O)[C@H](C(C)C)N(C)C=O)cc(OC)c1. The highest BCUT2D eigenvalue weighted by atomic mass is 16.5. The fourth-order valence-corrected chi connectivity index (χ4v) is 2.12. The van der Waals surface area contributed by atoms with Crippen molar-refractivity contribution in [1.82, 2.24) is 4.90 Å². The minimum Gasteiger partial charge on any atom is -0.497 e. The number of benzene rings is 1. The van der Waals surface area contributed by atoms with Gasteiger partial charge in [-0.05, 0) is 5.92 Å². The maximum absolute atomic E-state index is 12.4. The number of nitrogens with zero attached hydrogens (tertiary/aromatic N) is 1. The number of anilines is 1. The average molecular weight is 294 g/mol. The summed E-state index contributed by atoms with van der Waals surface area (Å²) in [5.41, 5.74) is 0.557. The second-order valence-corrected chi connectivity index (χ2v) is 5.05. The van der Waals surface area contributed by atoms with Gasteiger partial charge in [-0.3, -0.25) is 9.59 Å². The number of hydrogen-bond donors (Lipinski definition) is 1. The van der Waals surface area contributed by atoms with Crippen LogP contribution in [0.2, 0.25) is 0 Å². The van der Waals surface area contributed by atoms with E-state index in [1.807, 2.05) is 13.8 Å². The topological polar surface area (TPSA) is 67.9 Å². The molecule has 0 aliphatic heterocycles. The van der Waals surface area contributed by atoms with Crippen molar-refractivity contribution in [2.75, 3.05) is 26.6 Å². The van der Waals surface area contributed by atoms with Crippen LogP contribution in [0.5, 0.6) is 11.5 Å². The van der Waals surface area contributed by atoms with Gasteiger partial charge in [0.25, 0.3) is 0 Å². The normalized spacial score (nSPS) is 11.7. The van der Waals surface area contributed by atoms with E-state index in [1.165, 1.54) is 19.1 Å². The lowest BCUT2D eigenvalue weighted by Gasteiger charge is -2.27. The zero-order valence-corrected chi connectivity index (χ0v) is 13.0. The molecule has 0 fully saturated rings. The highest BCUT2D eigenvalue weighted by Crippen LogP contribution is 2.26. The first kappa shape index (κ1) is 16.8. The van der Waals surface area contributed by atoms with Crippen LogP contribution < -0.4 is 14.8 Å². The number of carbonyl (C=O) groups is 2. The van der Waals surface area contributed by atoms with Crippen molar-refractivity contribution < 1.29 is 19.1 Å². The van der Waals surface area contributed by atoms with Crippen molar-refractivity contribution in [2.45, 2.75) is 19.9 Å². The van der Waals surface area contributed by atoms with E-state index < -0.39 is 6.04 Å². The van der Waals surface area contributed by atoms with Gasteiger partial charge in [-0.25, -0.2) is 0 Å². The highest BCUT2D eigenvalue weighted by molar-refractivity contribution is 5.96. The molecule has 0 aliphatic carbocycles. The second-order valence-electron chi connectivity index (χ2n) is 5.05. The molecule has 0 aliphatic rings. The van der Waals surface area contributed by atoms with Crippen LogP contribution in [0, 0.1) is 5.92 Å². The summed E-state index contributed by atoms with van der Waals surface area (Å²) in [6, 6.07) is 4.56. The van der Waals surface area contributed by atoms with Gasteiger partial charge in [0.1, 0.15) is 17.5 Å². The van der Waals surface area contributed by atoms with E-state index >= 15 is 0 Å². The molecule has 21 heavy (non-hydrogen) atoms. The molecule has 2 amide bonds. The lowest BCUT2D eigenvalue weighted by Crippen LogP contribution is -2.44. The first-order valence-electron chi connectivity index (χ1n) is 6.64. The van der Waals surface area contributed by atoms with Crippen molar-refractivity contribution >= 4 is 18.0 Å². The number of nitrogens with one attached hydrogen (secondary N) is 1. The molecule has 0 unspecified atom stereocenters. The molecule has 0 radical (unpaired) electrons. The van der Waals surface area contributed by atoms with Gasteiger partial charge in [-0.2, -0.15) is 0 Å². The third-order valence-electron chi connectivity index (χ3n) is 3.12. The fourth-order valence-electron chi connectivity index (χ4n) is 2.12. The zero-order chi connectivity index (χ0) is 16.0. The number of hydrogen-bond acceptors (Lipinski definition) is 4. The van der Waals surface area contributed by atoms with Crippen LogP contribution >= 0.6 is 0 Å².